The van der Waals surface area contributed by atoms with Crippen molar-refractivity contribution in [2.75, 3.05) is 13.1 Å². The third-order valence-corrected chi connectivity index (χ3v) is 4.66. The van der Waals surface area contributed by atoms with E-state index in [2.05, 4.69) is 21.0 Å². The van der Waals surface area contributed by atoms with Crippen LogP contribution in [0.15, 0.2) is 67.5 Å². The molecule has 1 unspecified atom stereocenters. The molecule has 3 aromatic rings. The molecule has 1 amide bonds. The van der Waals surface area contributed by atoms with Crippen LogP contribution in [0.4, 0.5) is 0 Å². The van der Waals surface area contributed by atoms with Crippen molar-refractivity contribution in [2.45, 2.75) is 12.3 Å². The molecule has 0 aliphatic carbocycles. The zero-order chi connectivity index (χ0) is 17.1. The van der Waals surface area contributed by atoms with E-state index in [1.54, 1.807) is 18.6 Å². The normalized spacial score (nSPS) is 16.8. The monoisotopic (exact) mass is 330 g/mol. The Morgan fingerprint density at radius 3 is 2.48 bits per heavy atom. The molecule has 5 nitrogen and oxygen atoms in total. The van der Waals surface area contributed by atoms with Crippen LogP contribution >= 0.6 is 0 Å². The lowest BCUT2D eigenvalue weighted by molar-refractivity contribution is 0.0791. The number of hydrogen-bond donors (Lipinski definition) is 0. The molecule has 5 heteroatoms. The van der Waals surface area contributed by atoms with Crippen LogP contribution in [-0.2, 0) is 0 Å². The summed E-state index contributed by atoms with van der Waals surface area (Å²) >= 11 is 0. The highest BCUT2D eigenvalue weighted by molar-refractivity contribution is 5.95. The third kappa shape index (κ3) is 3.26. The van der Waals surface area contributed by atoms with Crippen molar-refractivity contribution in [2.24, 2.45) is 0 Å². The summed E-state index contributed by atoms with van der Waals surface area (Å²) in [6.07, 6.45) is 9.70. The van der Waals surface area contributed by atoms with Crippen molar-refractivity contribution in [3.05, 3.63) is 78.6 Å². The Morgan fingerprint density at radius 2 is 1.76 bits per heavy atom. The molecular weight excluding hydrogens is 312 g/mol. The Kier molecular flexibility index (Phi) is 4.21. The van der Waals surface area contributed by atoms with Gasteiger partial charge in [-0.2, -0.15) is 0 Å². The number of likely N-dealkylation sites (tertiary alicyclic amines) is 1. The first-order chi connectivity index (χ1) is 12.3. The SMILES string of the molecule is O=C(c1ccc(-c2cncnc2)cc1)N1CCC(c2cccnc2)C1. The second kappa shape index (κ2) is 6.81. The highest BCUT2D eigenvalue weighted by Gasteiger charge is 2.28. The molecule has 1 fully saturated rings. The van der Waals surface area contributed by atoms with Crippen LogP contribution < -0.4 is 0 Å². The molecule has 1 aliphatic heterocycles. The maximum atomic E-state index is 12.8. The molecule has 2 aromatic heterocycles. The second-order valence-electron chi connectivity index (χ2n) is 6.23. The predicted octanol–water partition coefficient (Wildman–Crippen LogP) is 3.17. The van der Waals surface area contributed by atoms with Gasteiger partial charge in [0.05, 0.1) is 0 Å². The van der Waals surface area contributed by atoms with Crippen molar-refractivity contribution in [3.8, 4) is 11.1 Å². The van der Waals surface area contributed by atoms with E-state index in [9.17, 15) is 4.79 Å². The highest BCUT2D eigenvalue weighted by atomic mass is 16.2. The number of carbonyl (C=O) groups is 1. The van der Waals surface area contributed by atoms with Crippen molar-refractivity contribution in [1.82, 2.24) is 19.9 Å². The van der Waals surface area contributed by atoms with Gasteiger partial charge in [-0.15, -0.1) is 0 Å². The minimum absolute atomic E-state index is 0.0854. The molecule has 3 heterocycles. The maximum absolute atomic E-state index is 12.8. The van der Waals surface area contributed by atoms with E-state index in [0.717, 1.165) is 30.6 Å². The first-order valence-corrected chi connectivity index (χ1v) is 8.36. The molecule has 1 aromatic carbocycles. The smallest absolute Gasteiger partial charge is 0.253 e. The fourth-order valence-electron chi connectivity index (χ4n) is 3.27. The Hall–Kier alpha value is -3.08. The predicted molar refractivity (Wildman–Crippen MR) is 95.0 cm³/mol. The quantitative estimate of drug-likeness (QED) is 0.740. The van der Waals surface area contributed by atoms with Gasteiger partial charge in [0.15, 0.2) is 0 Å². The fraction of sp³-hybridized carbons (Fsp3) is 0.200. The van der Waals surface area contributed by atoms with Crippen molar-refractivity contribution in [1.29, 1.82) is 0 Å². The van der Waals surface area contributed by atoms with Crippen LogP contribution in [0.2, 0.25) is 0 Å². The molecule has 0 N–H and O–H groups in total. The third-order valence-electron chi connectivity index (χ3n) is 4.66. The van der Waals surface area contributed by atoms with Gasteiger partial charge in [-0.25, -0.2) is 9.97 Å². The molecular formula is C20H18N4O. The number of nitrogens with zero attached hydrogens (tertiary/aromatic N) is 4. The molecule has 0 bridgehead atoms. The zero-order valence-corrected chi connectivity index (χ0v) is 13.7. The van der Waals surface area contributed by atoms with Crippen LogP contribution in [0, 0.1) is 0 Å². The molecule has 25 heavy (non-hydrogen) atoms. The summed E-state index contributed by atoms with van der Waals surface area (Å²) < 4.78 is 0. The summed E-state index contributed by atoms with van der Waals surface area (Å²) in [5.41, 5.74) is 3.87. The number of carbonyl (C=O) groups excluding carboxylic acids is 1. The molecule has 0 spiro atoms. The van der Waals surface area contributed by atoms with Gasteiger partial charge in [-0.3, -0.25) is 9.78 Å². The highest BCUT2D eigenvalue weighted by Crippen LogP contribution is 2.28. The Morgan fingerprint density at radius 1 is 0.960 bits per heavy atom. The van der Waals surface area contributed by atoms with E-state index in [4.69, 9.17) is 0 Å². The average molecular weight is 330 g/mol. The van der Waals surface area contributed by atoms with Crippen molar-refractivity contribution in [3.63, 3.8) is 0 Å². The summed E-state index contributed by atoms with van der Waals surface area (Å²) in [7, 11) is 0. The topological polar surface area (TPSA) is 59.0 Å². The maximum Gasteiger partial charge on any atom is 0.253 e. The lowest BCUT2D eigenvalue weighted by atomic mass is 10.0. The van der Waals surface area contributed by atoms with Crippen LogP contribution in [0.3, 0.4) is 0 Å². The number of hydrogen-bond acceptors (Lipinski definition) is 4. The van der Waals surface area contributed by atoms with Crippen molar-refractivity contribution < 1.29 is 4.79 Å². The number of aromatic nitrogens is 3. The Labute approximate surface area is 146 Å². The average Bonchev–Trinajstić information content (AvgIpc) is 3.19. The van der Waals surface area contributed by atoms with Gasteiger partial charge in [-0.05, 0) is 35.7 Å². The van der Waals surface area contributed by atoms with E-state index in [0.29, 0.717) is 11.5 Å². The van der Waals surface area contributed by atoms with Gasteiger partial charge in [0.25, 0.3) is 5.91 Å². The Balaban J connectivity index is 1.46. The lowest BCUT2D eigenvalue weighted by Gasteiger charge is -2.17. The minimum atomic E-state index is 0.0854. The summed E-state index contributed by atoms with van der Waals surface area (Å²) in [6, 6.07) is 11.7. The minimum Gasteiger partial charge on any atom is -0.338 e. The van der Waals surface area contributed by atoms with Crippen molar-refractivity contribution >= 4 is 5.91 Å². The number of pyridine rings is 1. The first-order valence-electron chi connectivity index (χ1n) is 8.36. The Bertz CT molecular complexity index is 850. The van der Waals surface area contributed by atoms with E-state index in [1.807, 2.05) is 41.4 Å². The van der Waals surface area contributed by atoms with Gasteiger partial charge in [0, 0.05) is 54.9 Å². The fourth-order valence-corrected chi connectivity index (χ4v) is 3.27. The summed E-state index contributed by atoms with van der Waals surface area (Å²) in [4.78, 5) is 26.9. The van der Waals surface area contributed by atoms with Gasteiger partial charge < -0.3 is 4.90 Å². The number of rotatable bonds is 3. The number of amides is 1. The van der Waals surface area contributed by atoms with Gasteiger partial charge in [0.2, 0.25) is 0 Å². The molecule has 124 valence electrons. The molecule has 0 saturated carbocycles. The van der Waals surface area contributed by atoms with Crippen LogP contribution in [-0.4, -0.2) is 38.8 Å². The number of benzene rings is 1. The second-order valence-corrected chi connectivity index (χ2v) is 6.23. The lowest BCUT2D eigenvalue weighted by Crippen LogP contribution is -2.28. The zero-order valence-electron chi connectivity index (χ0n) is 13.7. The van der Waals surface area contributed by atoms with Gasteiger partial charge in [0.1, 0.15) is 6.33 Å². The molecule has 0 radical (unpaired) electrons. The van der Waals surface area contributed by atoms with Crippen LogP contribution in [0.5, 0.6) is 0 Å². The molecule has 4 rings (SSSR count). The van der Waals surface area contributed by atoms with Crippen LogP contribution in [0.25, 0.3) is 11.1 Å². The largest absolute Gasteiger partial charge is 0.338 e. The molecule has 1 saturated heterocycles. The summed E-state index contributed by atoms with van der Waals surface area (Å²) in [5.74, 6) is 0.459. The van der Waals surface area contributed by atoms with E-state index in [-0.39, 0.29) is 5.91 Å². The summed E-state index contributed by atoms with van der Waals surface area (Å²) in [6.45, 7) is 1.53. The molecule has 1 aliphatic rings. The first kappa shape index (κ1) is 15.4. The van der Waals surface area contributed by atoms with E-state index < -0.39 is 0 Å². The standard InChI is InChI=1S/C20H18N4O/c25-20(24-9-7-18(13-24)17-2-1-8-21-10-17)16-5-3-15(4-6-16)19-11-22-14-23-12-19/h1-6,8,10-12,14,18H,7,9,13H2. The molecule has 1 atom stereocenters. The van der Waals surface area contributed by atoms with E-state index >= 15 is 0 Å². The van der Waals surface area contributed by atoms with Crippen LogP contribution in [0.1, 0.15) is 28.3 Å². The van der Waals surface area contributed by atoms with Gasteiger partial charge in [-0.1, -0.05) is 18.2 Å². The van der Waals surface area contributed by atoms with E-state index in [1.165, 1.54) is 11.9 Å². The summed E-state index contributed by atoms with van der Waals surface area (Å²) in [5, 5.41) is 0. The van der Waals surface area contributed by atoms with Gasteiger partial charge >= 0.3 is 0 Å².